The first kappa shape index (κ1) is 15.7. The van der Waals surface area contributed by atoms with E-state index in [-0.39, 0.29) is 18.4 Å². The Morgan fingerprint density at radius 2 is 2.00 bits per heavy atom. The molecule has 6 nitrogen and oxygen atoms in total. The zero-order valence-corrected chi connectivity index (χ0v) is 11.5. The number of nitriles is 1. The number of carbonyl (C=O) groups excluding carboxylic acids is 2. The average molecular weight is 275 g/mol. The minimum Gasteiger partial charge on any atom is -0.383 e. The summed E-state index contributed by atoms with van der Waals surface area (Å²) in [5.74, 6) is -0.474. The van der Waals surface area contributed by atoms with Gasteiger partial charge in [0.05, 0.1) is 24.8 Å². The molecule has 2 amide bonds. The number of nitrogens with zero attached hydrogens (tertiary/aromatic N) is 2. The van der Waals surface area contributed by atoms with Crippen LogP contribution in [0.5, 0.6) is 0 Å². The van der Waals surface area contributed by atoms with Gasteiger partial charge in [-0.2, -0.15) is 5.26 Å². The summed E-state index contributed by atoms with van der Waals surface area (Å²) in [6, 6.07) is 8.51. The standard InChI is InChI=1S/C14H17N3O3/c1-11(18)17(7-8-20-2)10-14(19)16-13-5-3-12(9-15)4-6-13/h3-6H,7-8,10H2,1-2H3,(H,16,19). The second kappa shape index (κ2) is 7.92. The van der Waals surface area contributed by atoms with Gasteiger partial charge in [0.2, 0.25) is 11.8 Å². The van der Waals surface area contributed by atoms with Crippen molar-refractivity contribution in [2.75, 3.05) is 32.1 Å². The first-order chi connectivity index (χ1) is 9.56. The van der Waals surface area contributed by atoms with E-state index >= 15 is 0 Å². The van der Waals surface area contributed by atoms with Crippen molar-refractivity contribution in [3.63, 3.8) is 0 Å². The summed E-state index contributed by atoms with van der Waals surface area (Å²) in [7, 11) is 1.54. The Kier molecular flexibility index (Phi) is 6.20. The van der Waals surface area contributed by atoms with E-state index in [0.717, 1.165) is 0 Å². The van der Waals surface area contributed by atoms with Crippen LogP contribution in [-0.4, -0.2) is 43.5 Å². The molecule has 6 heteroatoms. The Bertz CT molecular complexity index is 505. The Hall–Kier alpha value is -2.39. The Morgan fingerprint density at radius 3 is 2.50 bits per heavy atom. The van der Waals surface area contributed by atoms with E-state index in [1.807, 2.05) is 6.07 Å². The molecular formula is C14H17N3O3. The highest BCUT2D eigenvalue weighted by Gasteiger charge is 2.13. The number of anilines is 1. The molecule has 0 unspecified atom stereocenters. The monoisotopic (exact) mass is 275 g/mol. The number of nitrogens with one attached hydrogen (secondary N) is 1. The molecule has 1 aromatic carbocycles. The zero-order chi connectivity index (χ0) is 15.0. The van der Waals surface area contributed by atoms with Crippen LogP contribution in [0.1, 0.15) is 12.5 Å². The summed E-state index contributed by atoms with van der Waals surface area (Å²) in [6.45, 7) is 2.12. The minimum absolute atomic E-state index is 0.0291. The van der Waals surface area contributed by atoms with Crippen LogP contribution in [0.4, 0.5) is 5.69 Å². The molecule has 0 radical (unpaired) electrons. The maximum Gasteiger partial charge on any atom is 0.243 e. The van der Waals surface area contributed by atoms with Crippen molar-refractivity contribution in [1.29, 1.82) is 5.26 Å². The quantitative estimate of drug-likeness (QED) is 0.839. The largest absolute Gasteiger partial charge is 0.383 e. The van der Waals surface area contributed by atoms with Crippen molar-refractivity contribution >= 4 is 17.5 Å². The second-order valence-electron chi connectivity index (χ2n) is 4.17. The zero-order valence-electron chi connectivity index (χ0n) is 11.5. The van der Waals surface area contributed by atoms with E-state index in [4.69, 9.17) is 10.00 Å². The van der Waals surface area contributed by atoms with Gasteiger partial charge < -0.3 is 15.0 Å². The summed E-state index contributed by atoms with van der Waals surface area (Å²) in [5, 5.41) is 11.4. The van der Waals surface area contributed by atoms with E-state index in [1.54, 1.807) is 24.3 Å². The number of carbonyl (C=O) groups is 2. The smallest absolute Gasteiger partial charge is 0.243 e. The number of hydrogen-bond donors (Lipinski definition) is 1. The molecular weight excluding hydrogens is 258 g/mol. The average Bonchev–Trinajstić information content (AvgIpc) is 2.44. The van der Waals surface area contributed by atoms with Crippen molar-refractivity contribution in [1.82, 2.24) is 4.90 Å². The van der Waals surface area contributed by atoms with Gasteiger partial charge in [0.15, 0.2) is 0 Å². The SMILES string of the molecule is COCCN(CC(=O)Nc1ccc(C#N)cc1)C(C)=O. The summed E-state index contributed by atoms with van der Waals surface area (Å²) >= 11 is 0. The minimum atomic E-state index is -0.291. The van der Waals surface area contributed by atoms with E-state index in [0.29, 0.717) is 24.4 Å². The molecule has 1 rings (SSSR count). The number of benzene rings is 1. The molecule has 0 atom stereocenters. The summed E-state index contributed by atoms with van der Waals surface area (Å²) < 4.78 is 4.89. The third-order valence-corrected chi connectivity index (χ3v) is 2.64. The number of hydrogen-bond acceptors (Lipinski definition) is 4. The molecule has 0 aromatic heterocycles. The van der Waals surface area contributed by atoms with E-state index in [9.17, 15) is 9.59 Å². The highest BCUT2D eigenvalue weighted by atomic mass is 16.5. The highest BCUT2D eigenvalue weighted by molar-refractivity contribution is 5.94. The number of amides is 2. The molecule has 1 N–H and O–H groups in total. The van der Waals surface area contributed by atoms with Crippen molar-refractivity contribution in [2.24, 2.45) is 0 Å². The number of rotatable bonds is 6. The molecule has 106 valence electrons. The lowest BCUT2D eigenvalue weighted by atomic mass is 10.2. The molecule has 20 heavy (non-hydrogen) atoms. The van der Waals surface area contributed by atoms with Crippen molar-refractivity contribution in [3.8, 4) is 6.07 Å². The molecule has 0 aliphatic heterocycles. The van der Waals surface area contributed by atoms with Crippen LogP contribution < -0.4 is 5.32 Å². The van der Waals surface area contributed by atoms with E-state index < -0.39 is 0 Å². The fraction of sp³-hybridized carbons (Fsp3) is 0.357. The van der Waals surface area contributed by atoms with Crippen LogP contribution in [0.2, 0.25) is 0 Å². The van der Waals surface area contributed by atoms with Gasteiger partial charge in [-0.05, 0) is 24.3 Å². The van der Waals surface area contributed by atoms with Crippen LogP contribution in [0.25, 0.3) is 0 Å². The van der Waals surface area contributed by atoms with Gasteiger partial charge in [-0.25, -0.2) is 0 Å². The van der Waals surface area contributed by atoms with Crippen LogP contribution in [0.15, 0.2) is 24.3 Å². The van der Waals surface area contributed by atoms with Gasteiger partial charge in [-0.15, -0.1) is 0 Å². The topological polar surface area (TPSA) is 82.4 Å². The van der Waals surface area contributed by atoms with Crippen molar-refractivity contribution in [2.45, 2.75) is 6.92 Å². The van der Waals surface area contributed by atoms with Crippen LogP contribution >= 0.6 is 0 Å². The van der Waals surface area contributed by atoms with Gasteiger partial charge in [-0.1, -0.05) is 0 Å². The van der Waals surface area contributed by atoms with E-state index in [2.05, 4.69) is 5.32 Å². The third kappa shape index (κ3) is 5.08. The Labute approximate surface area is 117 Å². The molecule has 0 saturated carbocycles. The lowest BCUT2D eigenvalue weighted by molar-refractivity contribution is -0.133. The molecule has 0 saturated heterocycles. The first-order valence-electron chi connectivity index (χ1n) is 6.11. The predicted molar refractivity (Wildman–Crippen MR) is 73.9 cm³/mol. The molecule has 0 spiro atoms. The molecule has 0 aliphatic carbocycles. The summed E-state index contributed by atoms with van der Waals surface area (Å²) in [5.41, 5.74) is 1.11. The number of ether oxygens (including phenoxy) is 1. The normalized spacial score (nSPS) is 9.65. The van der Waals surface area contributed by atoms with Crippen LogP contribution in [-0.2, 0) is 14.3 Å². The van der Waals surface area contributed by atoms with Crippen LogP contribution in [0, 0.1) is 11.3 Å². The third-order valence-electron chi connectivity index (χ3n) is 2.64. The van der Waals surface area contributed by atoms with Gasteiger partial charge in [0, 0.05) is 26.3 Å². The van der Waals surface area contributed by atoms with Gasteiger partial charge >= 0.3 is 0 Å². The number of methoxy groups -OCH3 is 1. The van der Waals surface area contributed by atoms with Gasteiger partial charge in [-0.3, -0.25) is 9.59 Å². The molecule has 0 aliphatic rings. The highest BCUT2D eigenvalue weighted by Crippen LogP contribution is 2.08. The first-order valence-corrected chi connectivity index (χ1v) is 6.11. The fourth-order valence-electron chi connectivity index (χ4n) is 1.55. The Balaban J connectivity index is 2.56. The van der Waals surface area contributed by atoms with Gasteiger partial charge in [0.25, 0.3) is 0 Å². The maximum absolute atomic E-state index is 11.8. The Morgan fingerprint density at radius 1 is 1.35 bits per heavy atom. The van der Waals surface area contributed by atoms with Crippen LogP contribution in [0.3, 0.4) is 0 Å². The van der Waals surface area contributed by atoms with E-state index in [1.165, 1.54) is 18.9 Å². The summed E-state index contributed by atoms with van der Waals surface area (Å²) in [4.78, 5) is 24.6. The molecule has 0 bridgehead atoms. The predicted octanol–water partition coefficient (Wildman–Crippen LogP) is 0.992. The molecule has 1 aromatic rings. The second-order valence-corrected chi connectivity index (χ2v) is 4.17. The molecule has 0 heterocycles. The molecule has 0 fully saturated rings. The maximum atomic E-state index is 11.8. The van der Waals surface area contributed by atoms with Crippen molar-refractivity contribution < 1.29 is 14.3 Å². The fourth-order valence-corrected chi connectivity index (χ4v) is 1.55. The van der Waals surface area contributed by atoms with Crippen molar-refractivity contribution in [3.05, 3.63) is 29.8 Å². The van der Waals surface area contributed by atoms with Gasteiger partial charge in [0.1, 0.15) is 0 Å². The lowest BCUT2D eigenvalue weighted by Crippen LogP contribution is -2.38. The summed E-state index contributed by atoms with van der Waals surface area (Å²) in [6.07, 6.45) is 0. The lowest BCUT2D eigenvalue weighted by Gasteiger charge is -2.19.